The highest BCUT2D eigenvalue weighted by molar-refractivity contribution is 5.51. The molecule has 0 radical (unpaired) electrons. The van der Waals surface area contributed by atoms with Crippen molar-refractivity contribution in [3.8, 4) is 0 Å². The molecule has 2 atom stereocenters. The van der Waals surface area contributed by atoms with Gasteiger partial charge in [-0.3, -0.25) is 4.84 Å². The average Bonchev–Trinajstić information content (AvgIpc) is 2.23. The van der Waals surface area contributed by atoms with Gasteiger partial charge in [0.2, 0.25) is 0 Å². The average molecular weight is 225 g/mol. The van der Waals surface area contributed by atoms with E-state index < -0.39 is 0 Å². The highest BCUT2D eigenvalue weighted by atomic mass is 16.7. The van der Waals surface area contributed by atoms with Crippen LogP contribution in [0.25, 0.3) is 0 Å². The first-order valence-corrected chi connectivity index (χ1v) is 6.31. The number of hydrogen-bond donors (Lipinski definition) is 0. The molecular weight excluding hydrogens is 202 g/mol. The van der Waals surface area contributed by atoms with E-state index in [1.54, 1.807) is 0 Å². The van der Waals surface area contributed by atoms with Crippen molar-refractivity contribution in [1.29, 1.82) is 0 Å². The third kappa shape index (κ3) is 4.45. The van der Waals surface area contributed by atoms with Crippen LogP contribution in [0.2, 0.25) is 0 Å². The van der Waals surface area contributed by atoms with Gasteiger partial charge in [0.1, 0.15) is 6.29 Å². The van der Waals surface area contributed by atoms with Crippen LogP contribution in [0.3, 0.4) is 0 Å². The van der Waals surface area contributed by atoms with Gasteiger partial charge in [0.05, 0.1) is 18.7 Å². The van der Waals surface area contributed by atoms with Crippen molar-refractivity contribution in [3.05, 3.63) is 12.2 Å². The number of unbranched alkanes of at least 4 members (excludes halogenated alkanes) is 3. The van der Waals surface area contributed by atoms with Crippen molar-refractivity contribution in [2.75, 3.05) is 6.54 Å². The highest BCUT2D eigenvalue weighted by Gasteiger charge is 2.29. The molecule has 0 aromatic heterocycles. The van der Waals surface area contributed by atoms with E-state index in [4.69, 9.17) is 4.84 Å². The Balaban J connectivity index is 2.24. The van der Waals surface area contributed by atoms with Crippen molar-refractivity contribution in [1.82, 2.24) is 5.06 Å². The Bertz CT molecular complexity index is 222. The number of carbonyl (C=O) groups excluding carboxylic acids is 1. The van der Waals surface area contributed by atoms with Gasteiger partial charge in [-0.25, -0.2) is 0 Å². The molecule has 1 aliphatic heterocycles. The molecule has 1 heterocycles. The van der Waals surface area contributed by atoms with Crippen molar-refractivity contribution in [2.24, 2.45) is 0 Å². The Kier molecular flexibility index (Phi) is 6.34. The summed E-state index contributed by atoms with van der Waals surface area (Å²) in [5.74, 6) is 0. The molecule has 0 saturated carbocycles. The van der Waals surface area contributed by atoms with Crippen LogP contribution < -0.4 is 0 Å². The fourth-order valence-corrected chi connectivity index (χ4v) is 1.85. The van der Waals surface area contributed by atoms with Gasteiger partial charge in [0, 0.05) is 6.42 Å². The van der Waals surface area contributed by atoms with Gasteiger partial charge in [-0.2, -0.15) is 5.06 Å². The lowest BCUT2D eigenvalue weighted by Gasteiger charge is -2.40. The minimum Gasteiger partial charge on any atom is -0.303 e. The van der Waals surface area contributed by atoms with Crippen LogP contribution in [0.15, 0.2) is 12.2 Å². The lowest BCUT2D eigenvalue weighted by atomic mass is 10.1. The van der Waals surface area contributed by atoms with E-state index in [0.29, 0.717) is 12.5 Å². The lowest BCUT2D eigenvalue weighted by Crippen LogP contribution is -2.51. The second-order valence-electron chi connectivity index (χ2n) is 4.41. The SMILES string of the molecule is CCCCCC=CC(CC=O)N1CC(C)O1. The van der Waals surface area contributed by atoms with E-state index >= 15 is 0 Å². The Hall–Kier alpha value is -0.670. The molecular formula is C13H23NO2. The molecule has 16 heavy (non-hydrogen) atoms. The number of rotatable bonds is 8. The first kappa shape index (κ1) is 13.4. The zero-order valence-electron chi connectivity index (χ0n) is 10.4. The molecule has 92 valence electrons. The second-order valence-corrected chi connectivity index (χ2v) is 4.41. The van der Waals surface area contributed by atoms with Crippen LogP contribution in [0.4, 0.5) is 0 Å². The minimum absolute atomic E-state index is 0.135. The van der Waals surface area contributed by atoms with Crippen molar-refractivity contribution < 1.29 is 9.63 Å². The summed E-state index contributed by atoms with van der Waals surface area (Å²) in [4.78, 5) is 16.0. The Labute approximate surface area is 98.4 Å². The van der Waals surface area contributed by atoms with Crippen LogP contribution in [0, 0.1) is 0 Å². The molecule has 0 aliphatic carbocycles. The fourth-order valence-electron chi connectivity index (χ4n) is 1.85. The Morgan fingerprint density at radius 1 is 1.50 bits per heavy atom. The third-order valence-electron chi connectivity index (χ3n) is 2.79. The molecule has 3 nitrogen and oxygen atoms in total. The van der Waals surface area contributed by atoms with E-state index in [-0.39, 0.29) is 6.04 Å². The third-order valence-corrected chi connectivity index (χ3v) is 2.79. The molecule has 0 spiro atoms. The number of allylic oxidation sites excluding steroid dienone is 1. The van der Waals surface area contributed by atoms with E-state index in [2.05, 4.69) is 19.1 Å². The minimum atomic E-state index is 0.135. The van der Waals surface area contributed by atoms with Crippen LogP contribution in [-0.4, -0.2) is 30.0 Å². The molecule has 3 heteroatoms. The summed E-state index contributed by atoms with van der Waals surface area (Å²) in [7, 11) is 0. The summed E-state index contributed by atoms with van der Waals surface area (Å²) in [5.41, 5.74) is 0. The maximum atomic E-state index is 10.6. The highest BCUT2D eigenvalue weighted by Crippen LogP contribution is 2.18. The van der Waals surface area contributed by atoms with E-state index in [0.717, 1.165) is 19.3 Å². The van der Waals surface area contributed by atoms with Gasteiger partial charge in [0.15, 0.2) is 0 Å². The number of hydroxylamine groups is 2. The van der Waals surface area contributed by atoms with E-state index in [1.807, 2.05) is 12.0 Å². The zero-order valence-corrected chi connectivity index (χ0v) is 10.4. The van der Waals surface area contributed by atoms with Gasteiger partial charge in [-0.15, -0.1) is 0 Å². The zero-order chi connectivity index (χ0) is 11.8. The summed E-state index contributed by atoms with van der Waals surface area (Å²) in [5, 5.41) is 1.90. The number of carbonyl (C=O) groups is 1. The van der Waals surface area contributed by atoms with Crippen molar-refractivity contribution >= 4 is 6.29 Å². The van der Waals surface area contributed by atoms with Crippen molar-refractivity contribution in [3.63, 3.8) is 0 Å². The van der Waals surface area contributed by atoms with Crippen LogP contribution in [-0.2, 0) is 9.63 Å². The predicted molar refractivity (Wildman–Crippen MR) is 65.0 cm³/mol. The molecule has 0 aromatic rings. The lowest BCUT2D eigenvalue weighted by molar-refractivity contribution is -0.302. The van der Waals surface area contributed by atoms with Gasteiger partial charge in [-0.05, 0) is 19.8 Å². The molecule has 1 rings (SSSR count). The molecule has 0 bridgehead atoms. The first-order valence-electron chi connectivity index (χ1n) is 6.31. The normalized spacial score (nSPS) is 23.2. The molecule has 1 aliphatic rings. The largest absolute Gasteiger partial charge is 0.303 e. The Morgan fingerprint density at radius 3 is 2.81 bits per heavy atom. The van der Waals surface area contributed by atoms with Crippen LogP contribution in [0.5, 0.6) is 0 Å². The maximum absolute atomic E-state index is 10.6. The quantitative estimate of drug-likeness (QED) is 0.361. The van der Waals surface area contributed by atoms with Crippen LogP contribution in [0.1, 0.15) is 46.0 Å². The number of nitrogens with zero attached hydrogens (tertiary/aromatic N) is 1. The smallest absolute Gasteiger partial charge is 0.121 e. The predicted octanol–water partition coefficient (Wildman–Crippen LogP) is 2.72. The monoisotopic (exact) mass is 225 g/mol. The molecule has 0 N–H and O–H groups in total. The van der Waals surface area contributed by atoms with E-state index in [1.165, 1.54) is 19.3 Å². The summed E-state index contributed by atoms with van der Waals surface area (Å²) >= 11 is 0. The summed E-state index contributed by atoms with van der Waals surface area (Å²) < 4.78 is 0. The Morgan fingerprint density at radius 2 is 2.25 bits per heavy atom. The molecule has 1 fully saturated rings. The van der Waals surface area contributed by atoms with E-state index in [9.17, 15) is 4.79 Å². The summed E-state index contributed by atoms with van der Waals surface area (Å²) in [6.45, 7) is 5.17. The summed E-state index contributed by atoms with van der Waals surface area (Å²) in [6, 6.07) is 0.135. The molecule has 1 saturated heterocycles. The molecule has 0 amide bonds. The molecule has 2 unspecified atom stereocenters. The van der Waals surface area contributed by atoms with Crippen LogP contribution >= 0.6 is 0 Å². The van der Waals surface area contributed by atoms with Gasteiger partial charge < -0.3 is 4.79 Å². The van der Waals surface area contributed by atoms with Gasteiger partial charge in [0.25, 0.3) is 0 Å². The van der Waals surface area contributed by atoms with Gasteiger partial charge in [-0.1, -0.05) is 31.9 Å². The second kappa shape index (κ2) is 7.58. The summed E-state index contributed by atoms with van der Waals surface area (Å²) in [6.07, 6.45) is 10.9. The van der Waals surface area contributed by atoms with Crippen molar-refractivity contribution in [2.45, 2.75) is 58.1 Å². The molecule has 0 aromatic carbocycles. The topological polar surface area (TPSA) is 29.5 Å². The number of aldehydes is 1. The first-order chi connectivity index (χ1) is 7.77. The standard InChI is InChI=1S/C13H23NO2/c1-3-4-5-6-7-8-13(9-10-15)14-11-12(2)16-14/h7-8,10,12-13H,3-6,9,11H2,1-2H3. The van der Waals surface area contributed by atoms with Gasteiger partial charge >= 0.3 is 0 Å². The number of hydrogen-bond acceptors (Lipinski definition) is 3. The maximum Gasteiger partial charge on any atom is 0.121 e. The fraction of sp³-hybridized carbons (Fsp3) is 0.769.